The molecule has 0 saturated heterocycles. The Hall–Kier alpha value is -1.55. The van der Waals surface area contributed by atoms with E-state index in [0.29, 0.717) is 22.3 Å². The van der Waals surface area contributed by atoms with Crippen LogP contribution in [0.5, 0.6) is 0 Å². The van der Waals surface area contributed by atoms with E-state index in [1.165, 1.54) is 6.07 Å². The summed E-state index contributed by atoms with van der Waals surface area (Å²) in [5.74, 6) is 0.730. The van der Waals surface area contributed by atoms with Gasteiger partial charge in [0, 0.05) is 11.5 Å². The third-order valence-corrected chi connectivity index (χ3v) is 3.22. The van der Waals surface area contributed by atoms with Gasteiger partial charge in [-0.2, -0.15) is 0 Å². The van der Waals surface area contributed by atoms with Crippen molar-refractivity contribution in [3.63, 3.8) is 0 Å². The van der Waals surface area contributed by atoms with Crippen molar-refractivity contribution in [1.82, 2.24) is 5.16 Å². The molecular formula is C12H10ClFN2O. The third kappa shape index (κ3) is 1.69. The van der Waals surface area contributed by atoms with Gasteiger partial charge in [-0.15, -0.1) is 0 Å². The molecule has 1 heterocycles. The predicted octanol–water partition coefficient (Wildman–Crippen LogP) is 3.59. The molecule has 0 radical (unpaired) electrons. The van der Waals surface area contributed by atoms with Crippen LogP contribution in [0.15, 0.2) is 22.7 Å². The van der Waals surface area contributed by atoms with Crippen LogP contribution in [0.3, 0.4) is 0 Å². The smallest absolute Gasteiger partial charge is 0.175 e. The average molecular weight is 253 g/mol. The van der Waals surface area contributed by atoms with Crippen LogP contribution in [-0.4, -0.2) is 5.16 Å². The number of benzene rings is 1. The first kappa shape index (κ1) is 10.6. The highest BCUT2D eigenvalue weighted by atomic mass is 35.5. The molecule has 1 aliphatic carbocycles. The van der Waals surface area contributed by atoms with Gasteiger partial charge in [0.05, 0.1) is 10.6 Å². The molecule has 1 saturated carbocycles. The molecule has 1 aliphatic rings. The minimum atomic E-state index is -0.408. The molecule has 0 amide bonds. The Morgan fingerprint density at radius 1 is 1.35 bits per heavy atom. The Morgan fingerprint density at radius 3 is 2.76 bits per heavy atom. The third-order valence-electron chi connectivity index (χ3n) is 2.91. The Labute approximate surface area is 102 Å². The lowest BCUT2D eigenvalue weighted by Gasteiger charge is -2.05. The number of nitrogens with two attached hydrogens (primary N) is 1. The molecule has 88 valence electrons. The minimum absolute atomic E-state index is 0.193. The number of rotatable bonds is 2. The maximum absolute atomic E-state index is 13.8. The summed E-state index contributed by atoms with van der Waals surface area (Å²) >= 11 is 6.03. The summed E-state index contributed by atoms with van der Waals surface area (Å²) in [5.41, 5.74) is 6.54. The van der Waals surface area contributed by atoms with Crippen LogP contribution in [0.25, 0.3) is 11.1 Å². The topological polar surface area (TPSA) is 52.0 Å². The first-order valence-electron chi connectivity index (χ1n) is 5.38. The normalized spacial score (nSPS) is 15.2. The Balaban J connectivity index is 2.24. The van der Waals surface area contributed by atoms with Crippen molar-refractivity contribution >= 4 is 17.4 Å². The number of hydrogen-bond donors (Lipinski definition) is 1. The molecule has 2 aromatic rings. The van der Waals surface area contributed by atoms with Gasteiger partial charge >= 0.3 is 0 Å². The monoisotopic (exact) mass is 252 g/mol. The van der Waals surface area contributed by atoms with Crippen molar-refractivity contribution in [2.45, 2.75) is 18.8 Å². The molecule has 0 unspecified atom stereocenters. The van der Waals surface area contributed by atoms with E-state index in [-0.39, 0.29) is 11.4 Å². The molecular weight excluding hydrogens is 243 g/mol. The number of aromatic nitrogens is 1. The van der Waals surface area contributed by atoms with E-state index >= 15 is 0 Å². The molecule has 3 nitrogen and oxygen atoms in total. The summed E-state index contributed by atoms with van der Waals surface area (Å²) in [6, 6.07) is 4.54. The molecule has 1 fully saturated rings. The number of hydrogen-bond acceptors (Lipinski definition) is 3. The number of nitrogens with zero attached hydrogens (tertiary/aromatic N) is 1. The van der Waals surface area contributed by atoms with Gasteiger partial charge < -0.3 is 10.3 Å². The number of halogens is 2. The predicted molar refractivity (Wildman–Crippen MR) is 63.3 cm³/mol. The van der Waals surface area contributed by atoms with Gasteiger partial charge in [0.1, 0.15) is 11.6 Å². The van der Waals surface area contributed by atoms with E-state index in [2.05, 4.69) is 5.16 Å². The van der Waals surface area contributed by atoms with E-state index in [0.717, 1.165) is 12.8 Å². The molecule has 0 aliphatic heterocycles. The molecule has 0 atom stereocenters. The van der Waals surface area contributed by atoms with Crippen LogP contribution in [0, 0.1) is 5.82 Å². The summed E-state index contributed by atoms with van der Waals surface area (Å²) in [6.07, 6.45) is 2.04. The second-order valence-electron chi connectivity index (χ2n) is 4.18. The van der Waals surface area contributed by atoms with E-state index < -0.39 is 5.82 Å². The van der Waals surface area contributed by atoms with Crippen molar-refractivity contribution in [1.29, 1.82) is 0 Å². The SMILES string of the molecule is Nc1noc(C2CC2)c1-c1c(F)cccc1Cl. The summed E-state index contributed by atoms with van der Waals surface area (Å²) in [6.45, 7) is 0. The molecule has 2 N–H and O–H groups in total. The van der Waals surface area contributed by atoms with Crippen LogP contribution in [0.4, 0.5) is 10.2 Å². The highest BCUT2D eigenvalue weighted by Crippen LogP contribution is 2.48. The van der Waals surface area contributed by atoms with Gasteiger partial charge in [0.25, 0.3) is 0 Å². The lowest BCUT2D eigenvalue weighted by molar-refractivity contribution is 0.387. The van der Waals surface area contributed by atoms with Crippen molar-refractivity contribution < 1.29 is 8.91 Å². The fourth-order valence-electron chi connectivity index (χ4n) is 1.93. The van der Waals surface area contributed by atoms with E-state index in [1.54, 1.807) is 12.1 Å². The average Bonchev–Trinajstić information content (AvgIpc) is 3.05. The Bertz CT molecular complexity index is 558. The van der Waals surface area contributed by atoms with Crippen molar-refractivity contribution in [2.75, 3.05) is 5.73 Å². The maximum Gasteiger partial charge on any atom is 0.175 e. The van der Waals surface area contributed by atoms with Crippen molar-refractivity contribution in [3.05, 3.63) is 34.8 Å². The fraction of sp³-hybridized carbons (Fsp3) is 0.250. The van der Waals surface area contributed by atoms with Gasteiger partial charge in [0.15, 0.2) is 5.82 Å². The van der Waals surface area contributed by atoms with Crippen molar-refractivity contribution in [2.24, 2.45) is 0 Å². The molecule has 1 aromatic heterocycles. The summed E-state index contributed by atoms with van der Waals surface area (Å²) in [5, 5.41) is 4.04. The molecule has 0 bridgehead atoms. The Morgan fingerprint density at radius 2 is 2.12 bits per heavy atom. The van der Waals surface area contributed by atoms with Crippen LogP contribution in [0.1, 0.15) is 24.5 Å². The van der Waals surface area contributed by atoms with Crippen LogP contribution < -0.4 is 5.73 Å². The molecule has 0 spiro atoms. The van der Waals surface area contributed by atoms with Gasteiger partial charge in [0.2, 0.25) is 0 Å². The lowest BCUT2D eigenvalue weighted by Crippen LogP contribution is -1.93. The molecule has 1 aromatic carbocycles. The maximum atomic E-state index is 13.8. The molecule has 3 rings (SSSR count). The standard InChI is InChI=1S/C12H10ClFN2O/c13-7-2-1-3-8(14)9(7)10-11(6-4-5-6)17-16-12(10)15/h1-3,6H,4-5H2,(H2,15,16). The zero-order valence-corrected chi connectivity index (χ0v) is 9.67. The van der Waals surface area contributed by atoms with Crippen LogP contribution >= 0.6 is 11.6 Å². The quantitative estimate of drug-likeness (QED) is 0.889. The van der Waals surface area contributed by atoms with Gasteiger partial charge in [-0.25, -0.2) is 4.39 Å². The Kier molecular flexibility index (Phi) is 2.33. The largest absolute Gasteiger partial charge is 0.380 e. The number of nitrogen functional groups attached to an aromatic ring is 1. The second kappa shape index (κ2) is 3.74. The molecule has 5 heteroatoms. The van der Waals surface area contributed by atoms with E-state index in [4.69, 9.17) is 21.9 Å². The van der Waals surface area contributed by atoms with E-state index in [9.17, 15) is 4.39 Å². The lowest BCUT2D eigenvalue weighted by atomic mass is 10.0. The first-order chi connectivity index (χ1) is 8.18. The van der Waals surface area contributed by atoms with Crippen LogP contribution in [-0.2, 0) is 0 Å². The zero-order valence-electron chi connectivity index (χ0n) is 8.91. The van der Waals surface area contributed by atoms with Crippen LogP contribution in [0.2, 0.25) is 5.02 Å². The second-order valence-corrected chi connectivity index (χ2v) is 4.59. The van der Waals surface area contributed by atoms with Gasteiger partial charge in [-0.05, 0) is 25.0 Å². The number of anilines is 1. The zero-order chi connectivity index (χ0) is 12.0. The minimum Gasteiger partial charge on any atom is -0.380 e. The van der Waals surface area contributed by atoms with Gasteiger partial charge in [-0.1, -0.05) is 22.8 Å². The summed E-state index contributed by atoms with van der Waals surface area (Å²) in [4.78, 5) is 0. The first-order valence-corrected chi connectivity index (χ1v) is 5.75. The summed E-state index contributed by atoms with van der Waals surface area (Å²) in [7, 11) is 0. The van der Waals surface area contributed by atoms with E-state index in [1.807, 2.05) is 0 Å². The summed E-state index contributed by atoms with van der Waals surface area (Å²) < 4.78 is 19.0. The fourth-order valence-corrected chi connectivity index (χ4v) is 2.19. The van der Waals surface area contributed by atoms with Gasteiger partial charge in [-0.3, -0.25) is 0 Å². The van der Waals surface area contributed by atoms with Crippen molar-refractivity contribution in [3.8, 4) is 11.1 Å². The highest BCUT2D eigenvalue weighted by Gasteiger charge is 2.33. The highest BCUT2D eigenvalue weighted by molar-refractivity contribution is 6.33. The molecule has 17 heavy (non-hydrogen) atoms.